The molecule has 1 unspecified atom stereocenters. The van der Waals surface area contributed by atoms with Crippen LogP contribution < -0.4 is 5.32 Å². The van der Waals surface area contributed by atoms with E-state index in [4.69, 9.17) is 16.4 Å². The highest BCUT2D eigenvalue weighted by atomic mass is 35.5. The molecule has 4 heteroatoms. The zero-order valence-corrected chi connectivity index (χ0v) is 11.5. The summed E-state index contributed by atoms with van der Waals surface area (Å²) in [5.74, 6) is 0. The molecule has 0 aromatic heterocycles. The quantitative estimate of drug-likeness (QED) is 0.901. The predicted molar refractivity (Wildman–Crippen MR) is 75.7 cm³/mol. The van der Waals surface area contributed by atoms with E-state index in [0.717, 1.165) is 31.0 Å². The minimum absolute atomic E-state index is 0.0582. The Balaban J connectivity index is 1.61. The second-order valence-corrected chi connectivity index (χ2v) is 6.44. The average molecular weight is 277 g/mol. The van der Waals surface area contributed by atoms with Crippen molar-refractivity contribution in [1.82, 2.24) is 5.32 Å². The van der Waals surface area contributed by atoms with Crippen LogP contribution in [-0.2, 0) is 10.3 Å². The summed E-state index contributed by atoms with van der Waals surface area (Å²) in [6.45, 7) is 1.97. The van der Waals surface area contributed by atoms with Crippen molar-refractivity contribution in [3.8, 4) is 0 Å². The van der Waals surface area contributed by atoms with Crippen LogP contribution in [0.4, 0.5) is 0 Å². The minimum atomic E-state index is -0.0582. The van der Waals surface area contributed by atoms with Crippen LogP contribution >= 0.6 is 11.6 Å². The molecule has 1 N–H and O–H groups in total. The first-order valence-electron chi connectivity index (χ1n) is 6.95. The number of nitrogens with zero attached hydrogens (tertiary/aromatic N) is 1. The lowest BCUT2D eigenvalue weighted by molar-refractivity contribution is -0.00190. The van der Waals surface area contributed by atoms with Gasteiger partial charge >= 0.3 is 0 Å². The number of hydrogen-bond donors (Lipinski definition) is 1. The molecule has 3 aliphatic rings. The maximum Gasteiger partial charge on any atom is 0.156 e. The molecule has 1 spiro atoms. The predicted octanol–water partition coefficient (Wildman–Crippen LogP) is 2.88. The van der Waals surface area contributed by atoms with Gasteiger partial charge < -0.3 is 10.2 Å². The smallest absolute Gasteiger partial charge is 0.156 e. The number of rotatable bonds is 2. The highest BCUT2D eigenvalue weighted by Crippen LogP contribution is 2.53. The molecule has 1 saturated carbocycles. The fourth-order valence-corrected chi connectivity index (χ4v) is 3.49. The SMILES string of the molecule is Clc1ccc(C2(C3=NOC4(CCNC4)C3)CC2)cc1. The number of oxime groups is 1. The van der Waals surface area contributed by atoms with Gasteiger partial charge in [0.25, 0.3) is 0 Å². The summed E-state index contributed by atoms with van der Waals surface area (Å²) in [7, 11) is 0. The first kappa shape index (κ1) is 11.7. The van der Waals surface area contributed by atoms with Crippen molar-refractivity contribution in [2.75, 3.05) is 13.1 Å². The third-order valence-corrected chi connectivity index (χ3v) is 4.99. The summed E-state index contributed by atoms with van der Waals surface area (Å²) in [4.78, 5) is 5.78. The van der Waals surface area contributed by atoms with E-state index in [-0.39, 0.29) is 11.0 Å². The van der Waals surface area contributed by atoms with Gasteiger partial charge in [-0.25, -0.2) is 0 Å². The standard InChI is InChI=1S/C15H17ClN2O/c16-12-3-1-11(2-4-12)15(5-6-15)13-9-14(19-18-13)7-8-17-10-14/h1-4,17H,5-10H2. The van der Waals surface area contributed by atoms with Gasteiger partial charge in [-0.05, 0) is 37.1 Å². The van der Waals surface area contributed by atoms with Gasteiger partial charge in [0, 0.05) is 29.8 Å². The largest absolute Gasteiger partial charge is 0.387 e. The number of nitrogens with one attached hydrogen (secondary N) is 1. The van der Waals surface area contributed by atoms with Crippen molar-refractivity contribution >= 4 is 17.3 Å². The van der Waals surface area contributed by atoms with E-state index >= 15 is 0 Å². The van der Waals surface area contributed by atoms with Gasteiger partial charge in [0.2, 0.25) is 0 Å². The molecule has 2 heterocycles. The number of halogens is 1. The Morgan fingerprint density at radius 3 is 2.58 bits per heavy atom. The zero-order valence-electron chi connectivity index (χ0n) is 10.8. The second kappa shape index (κ2) is 3.97. The summed E-state index contributed by atoms with van der Waals surface area (Å²) in [5, 5.41) is 8.62. The zero-order chi connectivity index (χ0) is 12.9. The van der Waals surface area contributed by atoms with Crippen LogP contribution in [0.15, 0.2) is 29.4 Å². The van der Waals surface area contributed by atoms with Crippen molar-refractivity contribution in [3.05, 3.63) is 34.9 Å². The van der Waals surface area contributed by atoms with E-state index in [1.807, 2.05) is 12.1 Å². The summed E-state index contributed by atoms with van der Waals surface area (Å²) in [6, 6.07) is 8.21. The van der Waals surface area contributed by atoms with Gasteiger partial charge in [0.15, 0.2) is 5.60 Å². The molecule has 4 rings (SSSR count). The Hall–Kier alpha value is -1.06. The molecule has 0 amide bonds. The summed E-state index contributed by atoms with van der Waals surface area (Å²) >= 11 is 5.98. The topological polar surface area (TPSA) is 33.6 Å². The first-order valence-corrected chi connectivity index (χ1v) is 7.33. The summed E-state index contributed by atoms with van der Waals surface area (Å²) in [6.07, 6.45) is 4.40. The molecule has 1 aromatic carbocycles. The Morgan fingerprint density at radius 1 is 1.16 bits per heavy atom. The molecule has 100 valence electrons. The van der Waals surface area contributed by atoms with Crippen LogP contribution in [0.1, 0.15) is 31.2 Å². The molecule has 1 saturated heterocycles. The molecule has 2 fully saturated rings. The van der Waals surface area contributed by atoms with E-state index in [9.17, 15) is 0 Å². The Bertz CT molecular complexity index is 528. The average Bonchev–Trinajstić information content (AvgIpc) is 2.93. The van der Waals surface area contributed by atoms with E-state index in [1.165, 1.54) is 24.1 Å². The molecular formula is C15H17ClN2O. The summed E-state index contributed by atoms with van der Waals surface area (Å²) in [5.41, 5.74) is 2.65. The molecule has 19 heavy (non-hydrogen) atoms. The van der Waals surface area contributed by atoms with Crippen LogP contribution in [0.25, 0.3) is 0 Å². The van der Waals surface area contributed by atoms with Crippen LogP contribution in [0, 0.1) is 0 Å². The molecule has 1 atom stereocenters. The monoisotopic (exact) mass is 276 g/mol. The third-order valence-electron chi connectivity index (χ3n) is 4.74. The van der Waals surface area contributed by atoms with Crippen molar-refractivity contribution in [2.24, 2.45) is 5.16 Å². The minimum Gasteiger partial charge on any atom is -0.387 e. The fourth-order valence-electron chi connectivity index (χ4n) is 3.37. The van der Waals surface area contributed by atoms with Crippen molar-refractivity contribution in [2.45, 2.75) is 36.7 Å². The summed E-state index contributed by atoms with van der Waals surface area (Å²) < 4.78 is 0. The maximum atomic E-state index is 5.98. The highest BCUT2D eigenvalue weighted by molar-refractivity contribution is 6.30. The number of benzene rings is 1. The van der Waals surface area contributed by atoms with Crippen molar-refractivity contribution in [1.29, 1.82) is 0 Å². The third kappa shape index (κ3) is 1.79. The molecule has 1 aromatic rings. The van der Waals surface area contributed by atoms with Gasteiger partial charge in [-0.3, -0.25) is 0 Å². The van der Waals surface area contributed by atoms with E-state index in [1.54, 1.807) is 0 Å². The normalized spacial score (nSPS) is 31.3. The molecular weight excluding hydrogens is 260 g/mol. The maximum absolute atomic E-state index is 5.98. The van der Waals surface area contributed by atoms with Crippen LogP contribution in [0.2, 0.25) is 5.02 Å². The van der Waals surface area contributed by atoms with Crippen molar-refractivity contribution in [3.63, 3.8) is 0 Å². The molecule has 0 radical (unpaired) electrons. The molecule has 1 aliphatic carbocycles. The fraction of sp³-hybridized carbons (Fsp3) is 0.533. The van der Waals surface area contributed by atoms with Gasteiger partial charge in [-0.2, -0.15) is 0 Å². The Kier molecular flexibility index (Phi) is 2.45. The lowest BCUT2D eigenvalue weighted by atomic mass is 9.84. The number of hydrogen-bond acceptors (Lipinski definition) is 3. The van der Waals surface area contributed by atoms with Crippen LogP contribution in [-0.4, -0.2) is 24.4 Å². The van der Waals surface area contributed by atoms with Gasteiger partial charge in [0.05, 0.1) is 5.71 Å². The van der Waals surface area contributed by atoms with Gasteiger partial charge in [-0.15, -0.1) is 0 Å². The first-order chi connectivity index (χ1) is 9.23. The Morgan fingerprint density at radius 2 is 1.95 bits per heavy atom. The lowest BCUT2D eigenvalue weighted by Gasteiger charge is -2.20. The van der Waals surface area contributed by atoms with Gasteiger partial charge in [0.1, 0.15) is 0 Å². The highest BCUT2D eigenvalue weighted by Gasteiger charge is 2.55. The van der Waals surface area contributed by atoms with E-state index in [0.29, 0.717) is 0 Å². The van der Waals surface area contributed by atoms with Crippen LogP contribution in [0.3, 0.4) is 0 Å². The van der Waals surface area contributed by atoms with Crippen LogP contribution in [0.5, 0.6) is 0 Å². The van der Waals surface area contributed by atoms with E-state index in [2.05, 4.69) is 22.6 Å². The van der Waals surface area contributed by atoms with Crippen molar-refractivity contribution < 1.29 is 4.84 Å². The molecule has 2 aliphatic heterocycles. The second-order valence-electron chi connectivity index (χ2n) is 6.00. The van der Waals surface area contributed by atoms with E-state index < -0.39 is 0 Å². The van der Waals surface area contributed by atoms with Gasteiger partial charge in [-0.1, -0.05) is 28.9 Å². The molecule has 0 bridgehead atoms. The molecule has 3 nitrogen and oxygen atoms in total. The lowest BCUT2D eigenvalue weighted by Crippen LogP contribution is -2.33. The Labute approximate surface area is 118 Å².